The number of nitro benzene ring substituents is 1. The molecule has 0 aliphatic carbocycles. The Labute approximate surface area is 123 Å². The Morgan fingerprint density at radius 3 is 2.24 bits per heavy atom. The van der Waals surface area contributed by atoms with E-state index in [-0.39, 0.29) is 16.7 Å². The molecule has 0 radical (unpaired) electrons. The molecule has 1 aromatic heterocycles. The monoisotopic (exact) mass is 286 g/mol. The SMILES string of the molecule is O=[N+]([O-])c1ccc([C@H]2CNCCN2)cc1.c1ccncc1. The molecule has 2 aromatic rings. The number of hydrogen-bond acceptors (Lipinski definition) is 5. The van der Waals surface area contributed by atoms with E-state index in [1.54, 1.807) is 24.5 Å². The number of nitrogens with zero attached hydrogens (tertiary/aromatic N) is 2. The fourth-order valence-corrected chi connectivity index (χ4v) is 2.03. The third-order valence-corrected chi connectivity index (χ3v) is 3.11. The van der Waals surface area contributed by atoms with Crippen LogP contribution in [0.25, 0.3) is 0 Å². The predicted molar refractivity (Wildman–Crippen MR) is 80.9 cm³/mol. The Hall–Kier alpha value is -2.31. The average molecular weight is 286 g/mol. The number of hydrogen-bond donors (Lipinski definition) is 2. The summed E-state index contributed by atoms with van der Waals surface area (Å²) in [4.78, 5) is 13.9. The zero-order chi connectivity index (χ0) is 14.9. The van der Waals surface area contributed by atoms with Gasteiger partial charge in [0, 0.05) is 50.2 Å². The third-order valence-electron chi connectivity index (χ3n) is 3.11. The summed E-state index contributed by atoms with van der Waals surface area (Å²) in [6.07, 6.45) is 3.50. The fraction of sp³-hybridized carbons (Fsp3) is 0.267. The molecule has 1 saturated heterocycles. The number of non-ortho nitro benzene ring substituents is 1. The van der Waals surface area contributed by atoms with Crippen molar-refractivity contribution in [1.29, 1.82) is 0 Å². The molecule has 21 heavy (non-hydrogen) atoms. The minimum Gasteiger partial charge on any atom is -0.314 e. The highest BCUT2D eigenvalue weighted by atomic mass is 16.6. The molecule has 6 nitrogen and oxygen atoms in total. The topological polar surface area (TPSA) is 80.1 Å². The van der Waals surface area contributed by atoms with Crippen LogP contribution in [0.3, 0.4) is 0 Å². The van der Waals surface area contributed by atoms with E-state index < -0.39 is 0 Å². The fourth-order valence-electron chi connectivity index (χ4n) is 2.03. The van der Waals surface area contributed by atoms with Gasteiger partial charge in [0.25, 0.3) is 5.69 Å². The molecule has 2 heterocycles. The summed E-state index contributed by atoms with van der Waals surface area (Å²) in [5.41, 5.74) is 1.23. The Morgan fingerprint density at radius 1 is 1.10 bits per heavy atom. The Balaban J connectivity index is 0.000000225. The molecule has 1 fully saturated rings. The van der Waals surface area contributed by atoms with Crippen LogP contribution in [0.1, 0.15) is 11.6 Å². The average Bonchev–Trinajstić information content (AvgIpc) is 2.58. The number of nitro groups is 1. The lowest BCUT2D eigenvalue weighted by molar-refractivity contribution is -0.384. The Morgan fingerprint density at radius 2 is 1.81 bits per heavy atom. The number of aromatic nitrogens is 1. The zero-order valence-corrected chi connectivity index (χ0v) is 11.6. The largest absolute Gasteiger partial charge is 0.314 e. The van der Waals surface area contributed by atoms with Crippen LogP contribution in [0, 0.1) is 10.1 Å². The van der Waals surface area contributed by atoms with Gasteiger partial charge in [-0.2, -0.15) is 0 Å². The molecular weight excluding hydrogens is 268 g/mol. The van der Waals surface area contributed by atoms with Crippen LogP contribution in [-0.2, 0) is 0 Å². The first-order valence-electron chi connectivity index (χ1n) is 6.81. The normalized spacial score (nSPS) is 17.4. The maximum atomic E-state index is 10.5. The lowest BCUT2D eigenvalue weighted by Crippen LogP contribution is -2.42. The first-order chi connectivity index (χ1) is 10.3. The highest BCUT2D eigenvalue weighted by molar-refractivity contribution is 5.34. The second-order valence-corrected chi connectivity index (χ2v) is 4.58. The van der Waals surface area contributed by atoms with Gasteiger partial charge in [0.15, 0.2) is 0 Å². The summed E-state index contributed by atoms with van der Waals surface area (Å²) >= 11 is 0. The van der Waals surface area contributed by atoms with E-state index in [4.69, 9.17) is 0 Å². The molecule has 0 spiro atoms. The molecule has 0 unspecified atom stereocenters. The second-order valence-electron chi connectivity index (χ2n) is 4.58. The maximum absolute atomic E-state index is 10.5. The Kier molecular flexibility index (Phi) is 5.81. The zero-order valence-electron chi connectivity index (χ0n) is 11.6. The summed E-state index contributed by atoms with van der Waals surface area (Å²) < 4.78 is 0. The van der Waals surface area contributed by atoms with Crippen LogP contribution in [0.2, 0.25) is 0 Å². The number of benzene rings is 1. The lowest BCUT2D eigenvalue weighted by Gasteiger charge is -2.24. The van der Waals surface area contributed by atoms with Gasteiger partial charge in [-0.15, -0.1) is 0 Å². The standard InChI is InChI=1S/C10H13N3O2.C5H5N/c14-13(15)9-3-1-8(2-4-9)10-7-11-5-6-12-10;1-2-4-6-5-3-1/h1-4,10-12H,5-7H2;1-5H/t10-;/m1./s1. The molecule has 6 heteroatoms. The van der Waals surface area contributed by atoms with Gasteiger partial charge in [0.2, 0.25) is 0 Å². The number of rotatable bonds is 2. The van der Waals surface area contributed by atoms with Gasteiger partial charge in [0.1, 0.15) is 0 Å². The molecule has 1 aliphatic heterocycles. The number of pyridine rings is 1. The third kappa shape index (κ3) is 4.94. The van der Waals surface area contributed by atoms with E-state index in [0.717, 1.165) is 25.2 Å². The maximum Gasteiger partial charge on any atom is 0.269 e. The van der Waals surface area contributed by atoms with E-state index >= 15 is 0 Å². The predicted octanol–water partition coefficient (Wildman–Crippen LogP) is 1.91. The van der Waals surface area contributed by atoms with Crippen molar-refractivity contribution < 1.29 is 4.92 Å². The number of piperazine rings is 1. The number of nitrogens with one attached hydrogen (secondary N) is 2. The van der Waals surface area contributed by atoms with Crippen molar-refractivity contribution in [1.82, 2.24) is 15.6 Å². The molecule has 2 N–H and O–H groups in total. The molecule has 0 amide bonds. The molecule has 1 aliphatic rings. The first kappa shape index (κ1) is 15.1. The molecule has 0 bridgehead atoms. The van der Waals surface area contributed by atoms with Gasteiger partial charge < -0.3 is 10.6 Å². The quantitative estimate of drug-likeness (QED) is 0.651. The summed E-state index contributed by atoms with van der Waals surface area (Å²) in [7, 11) is 0. The van der Waals surface area contributed by atoms with Crippen LogP contribution in [0.5, 0.6) is 0 Å². The molecule has 1 aromatic carbocycles. The lowest BCUT2D eigenvalue weighted by atomic mass is 10.1. The molecule has 0 saturated carbocycles. The smallest absolute Gasteiger partial charge is 0.269 e. The van der Waals surface area contributed by atoms with Crippen LogP contribution >= 0.6 is 0 Å². The minimum absolute atomic E-state index is 0.141. The first-order valence-corrected chi connectivity index (χ1v) is 6.81. The highest BCUT2D eigenvalue weighted by Crippen LogP contribution is 2.18. The van der Waals surface area contributed by atoms with E-state index in [1.165, 1.54) is 0 Å². The van der Waals surface area contributed by atoms with Crippen molar-refractivity contribution in [2.45, 2.75) is 6.04 Å². The van der Waals surface area contributed by atoms with E-state index in [0.29, 0.717) is 0 Å². The summed E-state index contributed by atoms with van der Waals surface area (Å²) in [5, 5.41) is 17.1. The van der Waals surface area contributed by atoms with Crippen molar-refractivity contribution in [2.24, 2.45) is 0 Å². The van der Waals surface area contributed by atoms with Gasteiger partial charge in [-0.1, -0.05) is 18.2 Å². The highest BCUT2D eigenvalue weighted by Gasteiger charge is 2.14. The van der Waals surface area contributed by atoms with Crippen molar-refractivity contribution in [3.63, 3.8) is 0 Å². The molecule has 1 atom stereocenters. The summed E-state index contributed by atoms with van der Waals surface area (Å²) in [6.45, 7) is 2.78. The van der Waals surface area contributed by atoms with Gasteiger partial charge >= 0.3 is 0 Å². The van der Waals surface area contributed by atoms with E-state index in [1.807, 2.05) is 30.3 Å². The van der Waals surface area contributed by atoms with Gasteiger partial charge in [-0.05, 0) is 17.7 Å². The molecular formula is C15H18N4O2. The van der Waals surface area contributed by atoms with Gasteiger partial charge in [0.05, 0.1) is 4.92 Å². The van der Waals surface area contributed by atoms with Gasteiger partial charge in [-0.25, -0.2) is 0 Å². The van der Waals surface area contributed by atoms with Crippen molar-refractivity contribution in [3.8, 4) is 0 Å². The summed E-state index contributed by atoms with van der Waals surface area (Å²) in [6, 6.07) is 12.7. The molecule has 3 rings (SSSR count). The van der Waals surface area contributed by atoms with Gasteiger partial charge in [-0.3, -0.25) is 15.1 Å². The van der Waals surface area contributed by atoms with Crippen molar-refractivity contribution >= 4 is 5.69 Å². The second kappa shape index (κ2) is 8.08. The van der Waals surface area contributed by atoms with Crippen LogP contribution in [0.15, 0.2) is 54.9 Å². The van der Waals surface area contributed by atoms with Crippen LogP contribution < -0.4 is 10.6 Å². The summed E-state index contributed by atoms with van der Waals surface area (Å²) in [5.74, 6) is 0. The molecule has 110 valence electrons. The van der Waals surface area contributed by atoms with E-state index in [9.17, 15) is 10.1 Å². The Bertz CT molecular complexity index is 513. The van der Waals surface area contributed by atoms with Crippen molar-refractivity contribution in [3.05, 3.63) is 70.5 Å². The van der Waals surface area contributed by atoms with Crippen molar-refractivity contribution in [2.75, 3.05) is 19.6 Å². The van der Waals surface area contributed by atoms with Crippen LogP contribution in [-0.4, -0.2) is 29.5 Å². The minimum atomic E-state index is -0.379. The van der Waals surface area contributed by atoms with E-state index in [2.05, 4.69) is 15.6 Å². The van der Waals surface area contributed by atoms with Crippen LogP contribution in [0.4, 0.5) is 5.69 Å².